The van der Waals surface area contributed by atoms with Gasteiger partial charge < -0.3 is 29.4 Å². The van der Waals surface area contributed by atoms with E-state index < -0.39 is 5.43 Å². The molecule has 0 unspecified atom stereocenters. The molecule has 0 aliphatic carbocycles. The summed E-state index contributed by atoms with van der Waals surface area (Å²) in [4.78, 5) is 14.9. The zero-order valence-electron chi connectivity index (χ0n) is 16.3. The third kappa shape index (κ3) is 3.12. The van der Waals surface area contributed by atoms with E-state index in [9.17, 15) is 20.1 Å². The Morgan fingerprint density at radius 3 is 2.69 bits per heavy atom. The van der Waals surface area contributed by atoms with E-state index in [2.05, 4.69) is 0 Å². The summed E-state index contributed by atoms with van der Waals surface area (Å²) in [5.74, 6) is 0.0691. The van der Waals surface area contributed by atoms with Crippen LogP contribution in [-0.2, 0) is 0 Å². The minimum atomic E-state index is -0.419. The van der Waals surface area contributed by atoms with E-state index in [0.29, 0.717) is 23.3 Å². The third-order valence-corrected chi connectivity index (χ3v) is 5.75. The second-order valence-corrected chi connectivity index (χ2v) is 7.33. The Morgan fingerprint density at radius 2 is 1.97 bits per heavy atom. The number of nitrogens with zero attached hydrogens (tertiary/aromatic N) is 1. The number of phenols is 2. The maximum Gasteiger partial charge on any atom is 0.197 e. The van der Waals surface area contributed by atoms with Crippen molar-refractivity contribution in [2.24, 2.45) is 0 Å². The Bertz CT molecular complexity index is 1120. The summed E-state index contributed by atoms with van der Waals surface area (Å²) in [6, 6.07) is 9.39. The number of para-hydroxylation sites is 1. The molecule has 29 heavy (non-hydrogen) atoms. The second-order valence-electron chi connectivity index (χ2n) is 7.33. The van der Waals surface area contributed by atoms with Crippen LogP contribution >= 0.6 is 0 Å². The number of phenolic OH excluding ortho intramolecular Hbond substituents is 2. The number of methoxy groups -OCH3 is 1. The zero-order valence-corrected chi connectivity index (χ0v) is 16.3. The van der Waals surface area contributed by atoms with E-state index in [-0.39, 0.29) is 46.8 Å². The monoisotopic (exact) mass is 397 g/mol. The summed E-state index contributed by atoms with van der Waals surface area (Å²) in [6.45, 7) is 0.632. The number of hydrogen-bond donors (Lipinski definition) is 3. The van der Waals surface area contributed by atoms with Crippen LogP contribution in [0.5, 0.6) is 17.2 Å². The van der Waals surface area contributed by atoms with Crippen molar-refractivity contribution in [3.05, 3.63) is 52.2 Å². The molecule has 2 atom stereocenters. The van der Waals surface area contributed by atoms with Gasteiger partial charge in [-0.15, -0.1) is 0 Å². The molecule has 1 fully saturated rings. The van der Waals surface area contributed by atoms with Crippen LogP contribution in [0.1, 0.15) is 17.9 Å². The summed E-state index contributed by atoms with van der Waals surface area (Å²) < 4.78 is 11.5. The largest absolute Gasteiger partial charge is 0.507 e. The molecule has 2 heterocycles. The Labute approximate surface area is 167 Å². The molecule has 152 valence electrons. The molecule has 3 N–H and O–H groups in total. The highest BCUT2D eigenvalue weighted by atomic mass is 16.5. The predicted molar refractivity (Wildman–Crippen MR) is 109 cm³/mol. The van der Waals surface area contributed by atoms with Gasteiger partial charge >= 0.3 is 0 Å². The van der Waals surface area contributed by atoms with Gasteiger partial charge in [0.1, 0.15) is 34.0 Å². The summed E-state index contributed by atoms with van der Waals surface area (Å²) in [5.41, 5.74) is 0.729. The number of aromatic hydroxyl groups is 2. The van der Waals surface area contributed by atoms with Gasteiger partial charge in [-0.3, -0.25) is 4.79 Å². The maximum absolute atomic E-state index is 12.9. The normalized spacial score (nSPS) is 19.7. The van der Waals surface area contributed by atoms with Gasteiger partial charge in [-0.25, -0.2) is 0 Å². The summed E-state index contributed by atoms with van der Waals surface area (Å²) >= 11 is 0. The van der Waals surface area contributed by atoms with Crippen LogP contribution in [0.25, 0.3) is 22.3 Å². The first kappa shape index (κ1) is 19.3. The molecule has 7 nitrogen and oxygen atoms in total. The highest BCUT2D eigenvalue weighted by Gasteiger charge is 2.36. The molecular formula is C22H23NO6. The standard InChI is InChI=1S/C22H23NO6/c1-23-8-7-12(14(23)11-24)20-15(25)9-16(26)21-17(27)10-19(29-22(20)21)13-5-3-4-6-18(13)28-2/h3-6,9-10,12,14,24-26H,7-8,11H2,1-2H3/t12-,14+/m1/s1. The Hall–Kier alpha value is -3.03. The van der Waals surface area contributed by atoms with Gasteiger partial charge in [0.25, 0.3) is 0 Å². The third-order valence-electron chi connectivity index (χ3n) is 5.75. The topological polar surface area (TPSA) is 103 Å². The van der Waals surface area contributed by atoms with Crippen LogP contribution < -0.4 is 10.2 Å². The molecule has 0 bridgehead atoms. The molecule has 1 saturated heterocycles. The van der Waals surface area contributed by atoms with Crippen LogP contribution in [0, 0.1) is 0 Å². The van der Waals surface area contributed by atoms with Gasteiger partial charge in [0.2, 0.25) is 0 Å². The average molecular weight is 397 g/mol. The van der Waals surface area contributed by atoms with Crippen LogP contribution in [0.2, 0.25) is 0 Å². The van der Waals surface area contributed by atoms with Crippen molar-refractivity contribution in [3.8, 4) is 28.6 Å². The lowest BCUT2D eigenvalue weighted by Crippen LogP contribution is -2.32. The number of ether oxygens (including phenoxy) is 1. The molecule has 2 aromatic carbocycles. The summed E-state index contributed by atoms with van der Waals surface area (Å²) in [5, 5.41) is 30.9. The quantitative estimate of drug-likeness (QED) is 0.622. The van der Waals surface area contributed by atoms with E-state index in [4.69, 9.17) is 9.15 Å². The van der Waals surface area contributed by atoms with Gasteiger partial charge in [-0.1, -0.05) is 12.1 Å². The van der Waals surface area contributed by atoms with Gasteiger partial charge in [-0.2, -0.15) is 0 Å². The van der Waals surface area contributed by atoms with Gasteiger partial charge in [0, 0.05) is 29.7 Å². The van der Waals surface area contributed by atoms with E-state index >= 15 is 0 Å². The number of benzene rings is 2. The number of rotatable bonds is 4. The highest BCUT2D eigenvalue weighted by molar-refractivity contribution is 5.90. The van der Waals surface area contributed by atoms with Crippen molar-refractivity contribution in [1.29, 1.82) is 0 Å². The number of hydrogen-bond acceptors (Lipinski definition) is 7. The lowest BCUT2D eigenvalue weighted by atomic mass is 9.89. The number of likely N-dealkylation sites (tertiary alicyclic amines) is 1. The van der Waals surface area contributed by atoms with Crippen molar-refractivity contribution in [3.63, 3.8) is 0 Å². The minimum Gasteiger partial charge on any atom is -0.507 e. The molecule has 4 rings (SSSR count). The number of aliphatic hydroxyl groups is 1. The van der Waals surface area contributed by atoms with Gasteiger partial charge in [0.05, 0.1) is 19.3 Å². The molecule has 1 aliphatic rings. The van der Waals surface area contributed by atoms with Crippen molar-refractivity contribution >= 4 is 11.0 Å². The first-order valence-corrected chi connectivity index (χ1v) is 9.43. The summed E-state index contributed by atoms with van der Waals surface area (Å²) in [6.07, 6.45) is 0.678. The molecule has 1 aromatic heterocycles. The first-order chi connectivity index (χ1) is 14.0. The van der Waals surface area contributed by atoms with E-state index in [1.54, 1.807) is 18.2 Å². The van der Waals surface area contributed by atoms with Gasteiger partial charge in [0.15, 0.2) is 5.43 Å². The molecule has 0 radical (unpaired) electrons. The SMILES string of the molecule is COc1ccccc1-c1cc(=O)c2c(O)cc(O)c([C@@H]3CCN(C)[C@H]3CO)c2o1. The molecule has 0 spiro atoms. The van der Waals surface area contributed by atoms with Crippen LogP contribution in [0.4, 0.5) is 0 Å². The first-order valence-electron chi connectivity index (χ1n) is 9.43. The number of likely N-dealkylation sites (N-methyl/N-ethyl adjacent to an activating group) is 1. The zero-order chi connectivity index (χ0) is 20.7. The van der Waals surface area contributed by atoms with E-state index in [0.717, 1.165) is 6.54 Å². The highest BCUT2D eigenvalue weighted by Crippen LogP contribution is 2.44. The van der Waals surface area contributed by atoms with Crippen molar-refractivity contribution in [2.75, 3.05) is 27.3 Å². The lowest BCUT2D eigenvalue weighted by molar-refractivity contribution is 0.172. The Balaban J connectivity index is 2.02. The fraction of sp³-hybridized carbons (Fsp3) is 0.318. The molecule has 0 saturated carbocycles. The second kappa shape index (κ2) is 7.42. The van der Waals surface area contributed by atoms with Gasteiger partial charge in [-0.05, 0) is 32.1 Å². The average Bonchev–Trinajstić information content (AvgIpc) is 3.07. The lowest BCUT2D eigenvalue weighted by Gasteiger charge is -2.24. The summed E-state index contributed by atoms with van der Waals surface area (Å²) in [7, 11) is 3.43. The Kier molecular flexibility index (Phi) is 4.94. The van der Waals surface area contributed by atoms with Crippen LogP contribution in [-0.4, -0.2) is 53.6 Å². The van der Waals surface area contributed by atoms with Crippen molar-refractivity contribution in [1.82, 2.24) is 4.90 Å². The predicted octanol–water partition coefficient (Wildman–Crippen LogP) is 2.66. The molecular weight excluding hydrogens is 374 g/mol. The van der Waals surface area contributed by atoms with Crippen molar-refractivity contribution in [2.45, 2.75) is 18.4 Å². The molecule has 1 aliphatic heterocycles. The number of fused-ring (bicyclic) bond motifs is 1. The van der Waals surface area contributed by atoms with Crippen molar-refractivity contribution < 1.29 is 24.5 Å². The fourth-order valence-corrected chi connectivity index (χ4v) is 4.27. The molecule has 0 amide bonds. The smallest absolute Gasteiger partial charge is 0.197 e. The Morgan fingerprint density at radius 1 is 1.21 bits per heavy atom. The van der Waals surface area contributed by atoms with Crippen LogP contribution in [0.15, 0.2) is 45.6 Å². The fourth-order valence-electron chi connectivity index (χ4n) is 4.27. The maximum atomic E-state index is 12.9. The van der Waals surface area contributed by atoms with E-state index in [1.165, 1.54) is 19.2 Å². The molecule has 3 aromatic rings. The minimum absolute atomic E-state index is 0.0164. The van der Waals surface area contributed by atoms with E-state index in [1.807, 2.05) is 18.0 Å². The molecule has 7 heteroatoms. The van der Waals surface area contributed by atoms with Crippen LogP contribution in [0.3, 0.4) is 0 Å². The number of aliphatic hydroxyl groups excluding tert-OH is 1.